The van der Waals surface area contributed by atoms with Gasteiger partial charge in [-0.05, 0) is 79.1 Å². The first kappa shape index (κ1) is 27.3. The smallest absolute Gasteiger partial charge is 0.416 e. The number of hydrogen-bond acceptors (Lipinski definition) is 6. The predicted molar refractivity (Wildman–Crippen MR) is 136 cm³/mol. The number of aromatic nitrogens is 4. The van der Waals surface area contributed by atoms with Gasteiger partial charge in [0.25, 0.3) is 0 Å². The largest absolute Gasteiger partial charge is 0.497 e. The highest BCUT2D eigenvalue weighted by molar-refractivity contribution is 5.92. The number of carbonyl (C=O) groups is 1. The number of halogens is 3. The molecule has 1 aliphatic rings. The maximum absolute atomic E-state index is 13.3. The van der Waals surface area contributed by atoms with E-state index in [2.05, 4.69) is 27.4 Å². The van der Waals surface area contributed by atoms with Gasteiger partial charge in [-0.25, -0.2) is 0 Å². The van der Waals surface area contributed by atoms with Crippen molar-refractivity contribution in [3.05, 3.63) is 76.6 Å². The molecule has 0 spiro atoms. The molecule has 1 fully saturated rings. The summed E-state index contributed by atoms with van der Waals surface area (Å²) in [6, 6.07) is 11.8. The molecule has 0 unspecified atom stereocenters. The Morgan fingerprint density at radius 2 is 1.87 bits per heavy atom. The van der Waals surface area contributed by atoms with Crippen LogP contribution >= 0.6 is 0 Å². The average molecular weight is 529 g/mol. The van der Waals surface area contributed by atoms with Crippen molar-refractivity contribution in [2.75, 3.05) is 27.2 Å². The van der Waals surface area contributed by atoms with Gasteiger partial charge in [-0.1, -0.05) is 18.2 Å². The maximum Gasteiger partial charge on any atom is 0.416 e. The molecule has 2 aromatic carbocycles. The van der Waals surface area contributed by atoms with E-state index in [1.54, 1.807) is 25.0 Å². The van der Waals surface area contributed by atoms with E-state index >= 15 is 0 Å². The van der Waals surface area contributed by atoms with Crippen LogP contribution in [0.5, 0.6) is 5.75 Å². The van der Waals surface area contributed by atoms with E-state index in [4.69, 9.17) is 4.74 Å². The molecule has 38 heavy (non-hydrogen) atoms. The minimum absolute atomic E-state index is 0.00451. The molecule has 11 heteroatoms. The standard InChI is InChI=1S/C27H31F3N6O2/c1-19-31-33-36(32-19)18-22-16-23(27(28,29)30)8-6-21(22)7-11-26(37)35-14-12-24(13-15-35)34(2)17-20-4-9-25(38-3)10-5-20/h4-11,16,24H,12-15,17-18H2,1-3H3/b11-7+. The Hall–Kier alpha value is -3.73. The molecular weight excluding hydrogens is 497 g/mol. The van der Waals surface area contributed by atoms with E-state index in [0.717, 1.165) is 37.3 Å². The summed E-state index contributed by atoms with van der Waals surface area (Å²) in [6.07, 6.45) is 0.185. The maximum atomic E-state index is 13.3. The van der Waals surface area contributed by atoms with Crippen LogP contribution in [0.15, 0.2) is 48.5 Å². The number of rotatable bonds is 8. The topological polar surface area (TPSA) is 76.4 Å². The lowest BCUT2D eigenvalue weighted by molar-refractivity contribution is -0.137. The first-order valence-electron chi connectivity index (χ1n) is 12.4. The lowest BCUT2D eigenvalue weighted by Crippen LogP contribution is -2.44. The van der Waals surface area contributed by atoms with Crippen LogP contribution in [0.3, 0.4) is 0 Å². The summed E-state index contributed by atoms with van der Waals surface area (Å²) in [7, 11) is 3.73. The van der Waals surface area contributed by atoms with Crippen molar-refractivity contribution >= 4 is 12.0 Å². The number of methoxy groups -OCH3 is 1. The second-order valence-electron chi connectivity index (χ2n) is 9.43. The number of tetrazole rings is 1. The molecule has 1 amide bonds. The van der Waals surface area contributed by atoms with E-state index in [1.165, 1.54) is 22.5 Å². The summed E-state index contributed by atoms with van der Waals surface area (Å²) < 4.78 is 45.1. The number of benzene rings is 2. The van der Waals surface area contributed by atoms with Gasteiger partial charge in [0, 0.05) is 31.8 Å². The number of aryl methyl sites for hydroxylation is 1. The number of hydrogen-bond donors (Lipinski definition) is 0. The Labute approximate surface area is 219 Å². The predicted octanol–water partition coefficient (Wildman–Crippen LogP) is 4.19. The zero-order valence-electron chi connectivity index (χ0n) is 21.6. The number of alkyl halides is 3. The summed E-state index contributed by atoms with van der Waals surface area (Å²) >= 11 is 0. The van der Waals surface area contributed by atoms with Gasteiger partial charge in [-0.3, -0.25) is 9.69 Å². The molecule has 0 bridgehead atoms. The molecule has 0 radical (unpaired) electrons. The highest BCUT2D eigenvalue weighted by Crippen LogP contribution is 2.31. The molecule has 0 aliphatic carbocycles. The molecular formula is C27H31F3N6O2. The zero-order chi connectivity index (χ0) is 27.3. The molecule has 4 rings (SSSR count). The second-order valence-corrected chi connectivity index (χ2v) is 9.43. The van der Waals surface area contributed by atoms with Crippen LogP contribution in [-0.2, 0) is 24.1 Å². The lowest BCUT2D eigenvalue weighted by Gasteiger charge is -2.36. The van der Waals surface area contributed by atoms with Crippen molar-refractivity contribution in [3.8, 4) is 5.75 Å². The molecule has 2 heterocycles. The van der Waals surface area contributed by atoms with Crippen LogP contribution < -0.4 is 4.74 Å². The summed E-state index contributed by atoms with van der Waals surface area (Å²) in [6.45, 7) is 3.69. The highest BCUT2D eigenvalue weighted by atomic mass is 19.4. The average Bonchev–Trinajstić information content (AvgIpc) is 3.32. The van der Waals surface area contributed by atoms with E-state index in [0.29, 0.717) is 36.1 Å². The minimum atomic E-state index is -4.48. The SMILES string of the molecule is COc1ccc(CN(C)C2CCN(C(=O)/C=C/c3ccc(C(F)(F)F)cc3Cn3nnc(C)n3)CC2)cc1. The van der Waals surface area contributed by atoms with Gasteiger partial charge in [0.05, 0.1) is 19.2 Å². The fourth-order valence-corrected chi connectivity index (χ4v) is 4.57. The fourth-order valence-electron chi connectivity index (χ4n) is 4.57. The van der Waals surface area contributed by atoms with Gasteiger partial charge >= 0.3 is 6.18 Å². The number of amides is 1. The summed E-state index contributed by atoms with van der Waals surface area (Å²) in [5, 5.41) is 11.7. The van der Waals surface area contributed by atoms with Crippen molar-refractivity contribution in [3.63, 3.8) is 0 Å². The van der Waals surface area contributed by atoms with Gasteiger partial charge in [-0.15, -0.1) is 10.2 Å². The van der Waals surface area contributed by atoms with Crippen molar-refractivity contribution in [1.82, 2.24) is 30.0 Å². The summed E-state index contributed by atoms with van der Waals surface area (Å²) in [5.41, 5.74) is 1.27. The molecule has 0 saturated carbocycles. The number of carbonyl (C=O) groups excluding carboxylic acids is 1. The van der Waals surface area contributed by atoms with Gasteiger partial charge in [0.1, 0.15) is 5.75 Å². The van der Waals surface area contributed by atoms with Crippen molar-refractivity contribution in [2.45, 2.75) is 45.1 Å². The molecule has 0 N–H and O–H groups in total. The number of likely N-dealkylation sites (tertiary alicyclic amines) is 1. The highest BCUT2D eigenvalue weighted by Gasteiger charge is 2.31. The zero-order valence-corrected chi connectivity index (χ0v) is 21.6. The molecule has 8 nitrogen and oxygen atoms in total. The third-order valence-electron chi connectivity index (χ3n) is 6.73. The monoisotopic (exact) mass is 528 g/mol. The van der Waals surface area contributed by atoms with Gasteiger partial charge in [0.2, 0.25) is 5.91 Å². The van der Waals surface area contributed by atoms with Crippen LogP contribution in [0.1, 0.15) is 40.9 Å². The molecule has 0 atom stereocenters. The Balaban J connectivity index is 1.37. The first-order chi connectivity index (χ1) is 18.1. The van der Waals surface area contributed by atoms with Crippen LogP contribution in [-0.4, -0.2) is 69.2 Å². The molecule has 3 aromatic rings. The molecule has 1 aromatic heterocycles. The molecule has 1 aliphatic heterocycles. The summed E-state index contributed by atoms with van der Waals surface area (Å²) in [5.74, 6) is 1.08. The van der Waals surface area contributed by atoms with Crippen molar-refractivity contribution < 1.29 is 22.7 Å². The second kappa shape index (κ2) is 11.8. The van der Waals surface area contributed by atoms with E-state index in [1.807, 2.05) is 24.3 Å². The normalized spacial score (nSPS) is 15.0. The van der Waals surface area contributed by atoms with E-state index < -0.39 is 11.7 Å². The number of piperidine rings is 1. The Kier molecular flexibility index (Phi) is 8.45. The van der Waals surface area contributed by atoms with Crippen LogP contribution in [0.2, 0.25) is 0 Å². The van der Waals surface area contributed by atoms with Gasteiger partial charge < -0.3 is 9.64 Å². The number of nitrogens with zero attached hydrogens (tertiary/aromatic N) is 6. The van der Waals surface area contributed by atoms with Crippen molar-refractivity contribution in [2.24, 2.45) is 0 Å². The Morgan fingerprint density at radius 1 is 1.16 bits per heavy atom. The first-order valence-corrected chi connectivity index (χ1v) is 12.4. The Bertz CT molecular complexity index is 1260. The quantitative estimate of drug-likeness (QED) is 0.408. The van der Waals surface area contributed by atoms with E-state index in [-0.39, 0.29) is 12.5 Å². The fraction of sp³-hybridized carbons (Fsp3) is 0.407. The summed E-state index contributed by atoms with van der Waals surface area (Å²) in [4.78, 5) is 18.2. The Morgan fingerprint density at radius 3 is 2.47 bits per heavy atom. The van der Waals surface area contributed by atoms with Gasteiger partial charge in [0.15, 0.2) is 5.82 Å². The lowest BCUT2D eigenvalue weighted by atomic mass is 10.0. The van der Waals surface area contributed by atoms with Crippen LogP contribution in [0, 0.1) is 6.92 Å². The minimum Gasteiger partial charge on any atom is -0.497 e. The van der Waals surface area contributed by atoms with Gasteiger partial charge in [-0.2, -0.15) is 18.0 Å². The number of ether oxygens (including phenoxy) is 1. The third kappa shape index (κ3) is 6.97. The van der Waals surface area contributed by atoms with Crippen LogP contribution in [0.4, 0.5) is 13.2 Å². The van der Waals surface area contributed by atoms with Crippen LogP contribution in [0.25, 0.3) is 6.08 Å². The van der Waals surface area contributed by atoms with Crippen molar-refractivity contribution in [1.29, 1.82) is 0 Å². The van der Waals surface area contributed by atoms with E-state index in [9.17, 15) is 18.0 Å². The molecule has 202 valence electrons. The molecule has 1 saturated heterocycles. The third-order valence-corrected chi connectivity index (χ3v) is 6.73.